The summed E-state index contributed by atoms with van der Waals surface area (Å²) in [6.07, 6.45) is 4.59. The van der Waals surface area contributed by atoms with E-state index in [1.165, 1.54) is 12.1 Å². The molecule has 0 aliphatic rings. The number of fused-ring (bicyclic) bond motifs is 1. The van der Waals surface area contributed by atoms with Gasteiger partial charge in [0.1, 0.15) is 11.9 Å². The molecule has 2 aromatic heterocycles. The standard InChI is InChI=1S/C22H16BrN5O3/c23-17-7-5-15(6-8-17)13-27-14-16(19-3-1-2-4-21(19)27)11-25-26-22(29)20-10-9-18(12-24-20)28(30)31/h1-12,14H,13H2,(H,26,29)/b25-11-. The largest absolute Gasteiger partial charge is 0.342 e. The molecule has 2 aromatic carbocycles. The Morgan fingerprint density at radius 2 is 1.94 bits per heavy atom. The minimum Gasteiger partial charge on any atom is -0.342 e. The number of nitrogens with one attached hydrogen (secondary N) is 1. The fourth-order valence-corrected chi connectivity index (χ4v) is 3.41. The van der Waals surface area contributed by atoms with Gasteiger partial charge in [0.2, 0.25) is 0 Å². The van der Waals surface area contributed by atoms with Gasteiger partial charge in [-0.25, -0.2) is 10.4 Å². The Hall–Kier alpha value is -3.85. The van der Waals surface area contributed by atoms with Gasteiger partial charge in [0.15, 0.2) is 0 Å². The van der Waals surface area contributed by atoms with E-state index >= 15 is 0 Å². The Bertz CT molecular complexity index is 1280. The number of nitro groups is 1. The molecule has 0 fully saturated rings. The number of para-hydroxylation sites is 1. The summed E-state index contributed by atoms with van der Waals surface area (Å²) in [7, 11) is 0. The third-order valence-electron chi connectivity index (χ3n) is 4.65. The van der Waals surface area contributed by atoms with Crippen LogP contribution in [0.5, 0.6) is 0 Å². The van der Waals surface area contributed by atoms with E-state index in [2.05, 4.69) is 48.1 Å². The number of benzene rings is 2. The van der Waals surface area contributed by atoms with Crippen molar-refractivity contribution in [1.29, 1.82) is 0 Å². The van der Waals surface area contributed by atoms with Crippen LogP contribution in [0.15, 0.2) is 82.6 Å². The number of hydrazone groups is 1. The van der Waals surface area contributed by atoms with Crippen LogP contribution in [0.3, 0.4) is 0 Å². The molecule has 0 radical (unpaired) electrons. The van der Waals surface area contributed by atoms with Gasteiger partial charge in [-0.3, -0.25) is 14.9 Å². The van der Waals surface area contributed by atoms with Crippen LogP contribution in [0.2, 0.25) is 0 Å². The van der Waals surface area contributed by atoms with Crippen molar-refractivity contribution >= 4 is 44.6 Å². The van der Waals surface area contributed by atoms with Crippen molar-refractivity contribution in [2.45, 2.75) is 6.54 Å². The first kappa shape index (κ1) is 20.4. The summed E-state index contributed by atoms with van der Waals surface area (Å²) >= 11 is 3.45. The Labute approximate surface area is 185 Å². The van der Waals surface area contributed by atoms with Gasteiger partial charge in [0.05, 0.1) is 11.1 Å². The molecule has 0 saturated carbocycles. The molecule has 1 amide bonds. The number of amides is 1. The monoisotopic (exact) mass is 477 g/mol. The zero-order valence-corrected chi connectivity index (χ0v) is 17.7. The summed E-state index contributed by atoms with van der Waals surface area (Å²) in [5.74, 6) is -0.551. The number of pyridine rings is 1. The van der Waals surface area contributed by atoms with E-state index in [0.717, 1.165) is 32.7 Å². The molecule has 2 heterocycles. The number of rotatable bonds is 6. The molecule has 0 aliphatic carbocycles. The molecule has 4 rings (SSSR count). The Morgan fingerprint density at radius 1 is 1.16 bits per heavy atom. The number of carbonyl (C=O) groups is 1. The van der Waals surface area contributed by atoms with Crippen molar-refractivity contribution < 1.29 is 9.72 Å². The Balaban J connectivity index is 1.52. The molecule has 1 N–H and O–H groups in total. The smallest absolute Gasteiger partial charge is 0.289 e. The molecule has 0 aliphatic heterocycles. The van der Waals surface area contributed by atoms with Gasteiger partial charge in [-0.05, 0) is 29.8 Å². The predicted octanol–water partition coefficient (Wildman–Crippen LogP) is 4.52. The summed E-state index contributed by atoms with van der Waals surface area (Å²) in [5, 5.41) is 15.7. The molecule has 31 heavy (non-hydrogen) atoms. The van der Waals surface area contributed by atoms with Crippen molar-refractivity contribution in [3.05, 3.63) is 104 Å². The van der Waals surface area contributed by atoms with Gasteiger partial charge in [-0.15, -0.1) is 0 Å². The second-order valence-electron chi connectivity index (χ2n) is 6.71. The van der Waals surface area contributed by atoms with Gasteiger partial charge in [-0.2, -0.15) is 5.10 Å². The van der Waals surface area contributed by atoms with Crippen LogP contribution in [0.1, 0.15) is 21.6 Å². The lowest BCUT2D eigenvalue weighted by Gasteiger charge is -2.05. The van der Waals surface area contributed by atoms with E-state index in [1.807, 2.05) is 42.6 Å². The van der Waals surface area contributed by atoms with E-state index in [0.29, 0.717) is 6.54 Å². The molecular weight excluding hydrogens is 462 g/mol. The first-order valence-electron chi connectivity index (χ1n) is 9.27. The molecule has 8 nitrogen and oxygen atoms in total. The van der Waals surface area contributed by atoms with Gasteiger partial charge < -0.3 is 4.57 Å². The molecule has 0 saturated heterocycles. The quantitative estimate of drug-likeness (QED) is 0.250. The van der Waals surface area contributed by atoms with Crippen LogP contribution in [-0.2, 0) is 6.54 Å². The number of hydrogen-bond acceptors (Lipinski definition) is 5. The molecule has 154 valence electrons. The Kier molecular flexibility index (Phi) is 5.85. The van der Waals surface area contributed by atoms with E-state index in [1.54, 1.807) is 6.21 Å². The summed E-state index contributed by atoms with van der Waals surface area (Å²) in [4.78, 5) is 26.1. The first-order chi connectivity index (χ1) is 15.0. The second-order valence-corrected chi connectivity index (χ2v) is 7.63. The van der Waals surface area contributed by atoms with E-state index in [4.69, 9.17) is 0 Å². The van der Waals surface area contributed by atoms with Crippen molar-refractivity contribution in [1.82, 2.24) is 15.0 Å². The van der Waals surface area contributed by atoms with Crippen molar-refractivity contribution in [2.24, 2.45) is 5.10 Å². The zero-order chi connectivity index (χ0) is 21.8. The molecular formula is C22H16BrN5O3. The lowest BCUT2D eigenvalue weighted by atomic mass is 10.2. The van der Waals surface area contributed by atoms with Crippen LogP contribution >= 0.6 is 15.9 Å². The second kappa shape index (κ2) is 8.88. The highest BCUT2D eigenvalue weighted by Crippen LogP contribution is 2.22. The SMILES string of the molecule is O=C(N/N=C\c1cn(Cc2ccc(Br)cc2)c2ccccc12)c1ccc([N+](=O)[O-])cn1. The van der Waals surface area contributed by atoms with Crippen molar-refractivity contribution in [3.8, 4) is 0 Å². The molecule has 0 spiro atoms. The fraction of sp³-hybridized carbons (Fsp3) is 0.0455. The molecule has 0 atom stereocenters. The lowest BCUT2D eigenvalue weighted by Crippen LogP contribution is -2.18. The fourth-order valence-electron chi connectivity index (χ4n) is 3.14. The maximum atomic E-state index is 12.2. The van der Waals surface area contributed by atoms with Gasteiger partial charge >= 0.3 is 0 Å². The predicted molar refractivity (Wildman–Crippen MR) is 121 cm³/mol. The van der Waals surface area contributed by atoms with Crippen molar-refractivity contribution in [2.75, 3.05) is 0 Å². The van der Waals surface area contributed by atoms with Gasteiger partial charge in [0, 0.05) is 39.7 Å². The van der Waals surface area contributed by atoms with E-state index in [-0.39, 0.29) is 11.4 Å². The Morgan fingerprint density at radius 3 is 2.65 bits per heavy atom. The summed E-state index contributed by atoms with van der Waals surface area (Å²) in [5.41, 5.74) is 5.33. The average Bonchev–Trinajstić information content (AvgIpc) is 3.13. The van der Waals surface area contributed by atoms with E-state index < -0.39 is 10.8 Å². The van der Waals surface area contributed by atoms with Crippen molar-refractivity contribution in [3.63, 3.8) is 0 Å². The van der Waals surface area contributed by atoms with Crippen LogP contribution in [0, 0.1) is 10.1 Å². The summed E-state index contributed by atoms with van der Waals surface area (Å²) < 4.78 is 3.15. The highest BCUT2D eigenvalue weighted by Gasteiger charge is 2.11. The number of aromatic nitrogens is 2. The zero-order valence-electron chi connectivity index (χ0n) is 16.1. The normalized spacial score (nSPS) is 11.1. The number of nitrogens with zero attached hydrogens (tertiary/aromatic N) is 4. The summed E-state index contributed by atoms with van der Waals surface area (Å²) in [6, 6.07) is 18.6. The molecule has 4 aromatic rings. The number of carbonyl (C=O) groups excluding carboxylic acids is 1. The number of hydrogen-bond donors (Lipinski definition) is 1. The topological polar surface area (TPSA) is 102 Å². The first-order valence-corrected chi connectivity index (χ1v) is 10.1. The highest BCUT2D eigenvalue weighted by molar-refractivity contribution is 9.10. The van der Waals surface area contributed by atoms with Crippen LogP contribution in [0.25, 0.3) is 10.9 Å². The third kappa shape index (κ3) is 4.67. The van der Waals surface area contributed by atoms with Crippen LogP contribution in [-0.4, -0.2) is 26.6 Å². The molecule has 9 heteroatoms. The maximum absolute atomic E-state index is 12.2. The van der Waals surface area contributed by atoms with Gasteiger partial charge in [-0.1, -0.05) is 46.3 Å². The van der Waals surface area contributed by atoms with Crippen LogP contribution in [0.4, 0.5) is 5.69 Å². The average molecular weight is 478 g/mol. The minimum atomic E-state index is -0.573. The third-order valence-corrected chi connectivity index (χ3v) is 5.18. The lowest BCUT2D eigenvalue weighted by molar-refractivity contribution is -0.385. The minimum absolute atomic E-state index is 0.0421. The summed E-state index contributed by atoms with van der Waals surface area (Å²) in [6.45, 7) is 0.695. The highest BCUT2D eigenvalue weighted by atomic mass is 79.9. The van der Waals surface area contributed by atoms with Gasteiger partial charge in [0.25, 0.3) is 11.6 Å². The van der Waals surface area contributed by atoms with E-state index in [9.17, 15) is 14.9 Å². The maximum Gasteiger partial charge on any atom is 0.289 e. The molecule has 0 bridgehead atoms. The molecule has 0 unspecified atom stereocenters. The van der Waals surface area contributed by atoms with Crippen LogP contribution < -0.4 is 5.43 Å². The number of halogens is 1.